The molecule has 0 saturated carbocycles. The van der Waals surface area contributed by atoms with Gasteiger partial charge in [0.05, 0.1) is 11.4 Å². The second-order valence-electron chi connectivity index (χ2n) is 4.44. The molecule has 0 spiro atoms. The molecule has 5 nitrogen and oxygen atoms in total. The standard InChI is InChI=1S/C14H21N3O2/c1-10(19-5)14(18)16-13-9-7-6-8-12(13)15-11(2)17(3)4/h6-10H,1-5H3,(H,16,18). The summed E-state index contributed by atoms with van der Waals surface area (Å²) in [7, 11) is 5.35. The van der Waals surface area contributed by atoms with Gasteiger partial charge in [-0.25, -0.2) is 4.99 Å². The summed E-state index contributed by atoms with van der Waals surface area (Å²) in [6.45, 7) is 3.61. The number of nitrogens with zero attached hydrogens (tertiary/aromatic N) is 2. The van der Waals surface area contributed by atoms with Gasteiger partial charge in [0.1, 0.15) is 11.9 Å². The fraction of sp³-hybridized carbons (Fsp3) is 0.429. The van der Waals surface area contributed by atoms with Crippen LogP contribution in [-0.4, -0.2) is 44.0 Å². The predicted molar refractivity (Wildman–Crippen MR) is 78.0 cm³/mol. The maximum Gasteiger partial charge on any atom is 0.253 e. The van der Waals surface area contributed by atoms with E-state index in [4.69, 9.17) is 4.74 Å². The van der Waals surface area contributed by atoms with Gasteiger partial charge in [0.25, 0.3) is 5.91 Å². The Morgan fingerprint density at radius 3 is 2.58 bits per heavy atom. The topological polar surface area (TPSA) is 53.9 Å². The molecule has 1 N–H and O–H groups in total. The summed E-state index contributed by atoms with van der Waals surface area (Å²) >= 11 is 0. The van der Waals surface area contributed by atoms with Crippen LogP contribution in [0.25, 0.3) is 0 Å². The Bertz CT molecular complexity index is 470. The van der Waals surface area contributed by atoms with E-state index in [0.29, 0.717) is 5.69 Å². The summed E-state index contributed by atoms with van der Waals surface area (Å²) in [6.07, 6.45) is -0.494. The summed E-state index contributed by atoms with van der Waals surface area (Å²) in [6, 6.07) is 7.43. The molecule has 0 aromatic heterocycles. The second kappa shape index (κ2) is 6.89. The van der Waals surface area contributed by atoms with Crippen molar-refractivity contribution < 1.29 is 9.53 Å². The molecule has 1 aromatic carbocycles. The first kappa shape index (κ1) is 15.2. The van der Waals surface area contributed by atoms with Gasteiger partial charge in [-0.15, -0.1) is 0 Å². The lowest BCUT2D eigenvalue weighted by Crippen LogP contribution is -2.26. The lowest BCUT2D eigenvalue weighted by atomic mass is 10.2. The van der Waals surface area contributed by atoms with Gasteiger partial charge < -0.3 is 15.0 Å². The van der Waals surface area contributed by atoms with E-state index in [2.05, 4.69) is 10.3 Å². The van der Waals surface area contributed by atoms with E-state index in [-0.39, 0.29) is 5.91 Å². The zero-order valence-corrected chi connectivity index (χ0v) is 12.1. The first-order valence-electron chi connectivity index (χ1n) is 6.11. The number of anilines is 1. The molecule has 0 saturated heterocycles. The number of carbonyl (C=O) groups is 1. The van der Waals surface area contributed by atoms with Crippen LogP contribution in [0.1, 0.15) is 13.8 Å². The SMILES string of the molecule is COC(C)C(=O)Nc1ccccc1N=C(C)N(C)C. The Labute approximate surface area is 114 Å². The van der Waals surface area contributed by atoms with E-state index >= 15 is 0 Å². The van der Waals surface area contributed by atoms with Crippen LogP contribution >= 0.6 is 0 Å². The van der Waals surface area contributed by atoms with Gasteiger partial charge >= 0.3 is 0 Å². The Balaban J connectivity index is 2.97. The summed E-state index contributed by atoms with van der Waals surface area (Å²) in [5.41, 5.74) is 1.41. The van der Waals surface area contributed by atoms with Crippen molar-refractivity contribution in [1.29, 1.82) is 0 Å². The minimum atomic E-state index is -0.494. The molecule has 1 rings (SSSR count). The molecule has 1 unspecified atom stereocenters. The van der Waals surface area contributed by atoms with Gasteiger partial charge in [-0.05, 0) is 26.0 Å². The molecule has 104 valence electrons. The monoisotopic (exact) mass is 263 g/mol. The Morgan fingerprint density at radius 1 is 1.37 bits per heavy atom. The molecule has 5 heteroatoms. The van der Waals surface area contributed by atoms with Crippen LogP contribution < -0.4 is 5.32 Å². The molecular formula is C14H21N3O2. The molecule has 0 aliphatic heterocycles. The van der Waals surface area contributed by atoms with Crippen molar-refractivity contribution in [2.45, 2.75) is 20.0 Å². The van der Waals surface area contributed by atoms with Crippen LogP contribution in [0.5, 0.6) is 0 Å². The van der Waals surface area contributed by atoms with Crippen LogP contribution in [0, 0.1) is 0 Å². The fourth-order valence-electron chi connectivity index (χ4n) is 1.29. The van der Waals surface area contributed by atoms with Crippen molar-refractivity contribution in [1.82, 2.24) is 4.90 Å². The number of hydrogen-bond acceptors (Lipinski definition) is 3. The van der Waals surface area contributed by atoms with Crippen LogP contribution in [0.4, 0.5) is 11.4 Å². The zero-order chi connectivity index (χ0) is 14.4. The number of amides is 1. The summed E-state index contributed by atoms with van der Waals surface area (Å²) in [5.74, 6) is 0.675. The molecule has 1 amide bonds. The molecule has 0 radical (unpaired) electrons. The highest BCUT2D eigenvalue weighted by Crippen LogP contribution is 2.24. The maximum atomic E-state index is 11.8. The number of rotatable bonds is 4. The Morgan fingerprint density at radius 2 is 2.00 bits per heavy atom. The van der Waals surface area contributed by atoms with Crippen LogP contribution in [0.15, 0.2) is 29.3 Å². The largest absolute Gasteiger partial charge is 0.372 e. The van der Waals surface area contributed by atoms with E-state index in [1.807, 2.05) is 50.2 Å². The number of methoxy groups -OCH3 is 1. The van der Waals surface area contributed by atoms with E-state index in [9.17, 15) is 4.79 Å². The summed E-state index contributed by atoms with van der Waals surface area (Å²) < 4.78 is 4.99. The third-order valence-electron chi connectivity index (χ3n) is 2.81. The van der Waals surface area contributed by atoms with Gasteiger partial charge in [-0.1, -0.05) is 12.1 Å². The van der Waals surface area contributed by atoms with Crippen LogP contribution in [0.3, 0.4) is 0 Å². The average Bonchev–Trinajstić information content (AvgIpc) is 2.39. The smallest absolute Gasteiger partial charge is 0.253 e. The minimum absolute atomic E-state index is 0.187. The molecule has 0 aliphatic rings. The fourth-order valence-corrected chi connectivity index (χ4v) is 1.29. The number of amidine groups is 1. The Hall–Kier alpha value is -1.88. The van der Waals surface area contributed by atoms with E-state index < -0.39 is 6.10 Å². The predicted octanol–water partition coefficient (Wildman–Crippen LogP) is 2.27. The Kier molecular flexibility index (Phi) is 5.51. The number of nitrogens with one attached hydrogen (secondary N) is 1. The number of aliphatic imine (C=N–C) groups is 1. The normalized spacial score (nSPS) is 13.0. The van der Waals surface area contributed by atoms with E-state index in [1.54, 1.807) is 6.92 Å². The van der Waals surface area contributed by atoms with Gasteiger partial charge in [-0.3, -0.25) is 4.79 Å². The molecule has 19 heavy (non-hydrogen) atoms. The summed E-state index contributed by atoms with van der Waals surface area (Å²) in [4.78, 5) is 18.2. The maximum absolute atomic E-state index is 11.8. The van der Waals surface area contributed by atoms with Crippen LogP contribution in [0.2, 0.25) is 0 Å². The van der Waals surface area contributed by atoms with Crippen molar-refractivity contribution in [2.24, 2.45) is 4.99 Å². The summed E-state index contributed by atoms with van der Waals surface area (Å²) in [5, 5.41) is 2.82. The molecule has 1 aromatic rings. The molecule has 0 fully saturated rings. The van der Waals surface area contributed by atoms with Crippen molar-refractivity contribution >= 4 is 23.1 Å². The third-order valence-corrected chi connectivity index (χ3v) is 2.81. The first-order valence-corrected chi connectivity index (χ1v) is 6.11. The molecular weight excluding hydrogens is 242 g/mol. The highest BCUT2D eigenvalue weighted by atomic mass is 16.5. The van der Waals surface area contributed by atoms with Gasteiger partial charge in [0.2, 0.25) is 0 Å². The zero-order valence-electron chi connectivity index (χ0n) is 12.1. The highest BCUT2D eigenvalue weighted by molar-refractivity contribution is 5.97. The molecule has 1 atom stereocenters. The van der Waals surface area contributed by atoms with E-state index in [1.165, 1.54) is 7.11 Å². The number of para-hydroxylation sites is 2. The van der Waals surface area contributed by atoms with Crippen molar-refractivity contribution in [2.75, 3.05) is 26.5 Å². The van der Waals surface area contributed by atoms with E-state index in [0.717, 1.165) is 11.5 Å². The van der Waals surface area contributed by atoms with Crippen molar-refractivity contribution in [3.05, 3.63) is 24.3 Å². The number of carbonyl (C=O) groups excluding carboxylic acids is 1. The molecule has 0 heterocycles. The lowest BCUT2D eigenvalue weighted by molar-refractivity contribution is -0.124. The highest BCUT2D eigenvalue weighted by Gasteiger charge is 2.13. The number of ether oxygens (including phenoxy) is 1. The van der Waals surface area contributed by atoms with Gasteiger partial charge in [0.15, 0.2) is 0 Å². The van der Waals surface area contributed by atoms with Crippen molar-refractivity contribution in [3.8, 4) is 0 Å². The van der Waals surface area contributed by atoms with Gasteiger partial charge in [-0.2, -0.15) is 0 Å². The average molecular weight is 263 g/mol. The third kappa shape index (κ3) is 4.37. The van der Waals surface area contributed by atoms with Crippen molar-refractivity contribution in [3.63, 3.8) is 0 Å². The minimum Gasteiger partial charge on any atom is -0.372 e. The lowest BCUT2D eigenvalue weighted by Gasteiger charge is -2.14. The second-order valence-corrected chi connectivity index (χ2v) is 4.44. The molecule has 0 bridgehead atoms. The van der Waals surface area contributed by atoms with Crippen LogP contribution in [-0.2, 0) is 9.53 Å². The first-order chi connectivity index (χ1) is 8.95. The van der Waals surface area contributed by atoms with Gasteiger partial charge in [0, 0.05) is 21.2 Å². The quantitative estimate of drug-likeness (QED) is 0.669. The molecule has 0 aliphatic carbocycles. The number of benzene rings is 1. The number of hydrogen-bond donors (Lipinski definition) is 1.